The Kier molecular flexibility index (Phi) is 20.8. The van der Waals surface area contributed by atoms with Crippen LogP contribution in [0.5, 0.6) is 0 Å². The van der Waals surface area contributed by atoms with Gasteiger partial charge in [-0.05, 0) is 14.1 Å². The van der Waals surface area contributed by atoms with Crippen molar-refractivity contribution in [2.24, 2.45) is 0 Å². The minimum atomic E-state index is 0. The molecular formula is C6H18Cl2N2O. The summed E-state index contributed by atoms with van der Waals surface area (Å²) >= 11 is 0. The van der Waals surface area contributed by atoms with E-state index in [1.54, 1.807) is 0 Å². The van der Waals surface area contributed by atoms with Crippen LogP contribution in [0.25, 0.3) is 0 Å². The lowest BCUT2D eigenvalue weighted by molar-refractivity contribution is 0.288. The summed E-state index contributed by atoms with van der Waals surface area (Å²) in [6, 6.07) is 0. The summed E-state index contributed by atoms with van der Waals surface area (Å²) < 4.78 is 0. The molecule has 0 aliphatic heterocycles. The Morgan fingerprint density at radius 3 is 2.09 bits per heavy atom. The van der Waals surface area contributed by atoms with Gasteiger partial charge in [0.2, 0.25) is 0 Å². The van der Waals surface area contributed by atoms with Crippen LogP contribution < -0.4 is 5.32 Å². The highest BCUT2D eigenvalue weighted by Crippen LogP contribution is 1.68. The number of rotatable bonds is 5. The maximum atomic E-state index is 8.36. The molecule has 0 bridgehead atoms. The molecular weight excluding hydrogens is 187 g/mol. The molecule has 0 radical (unpaired) electrons. The number of aliphatic hydroxyl groups is 1. The van der Waals surface area contributed by atoms with E-state index in [0.717, 1.165) is 13.1 Å². The van der Waals surface area contributed by atoms with Crippen molar-refractivity contribution in [2.45, 2.75) is 0 Å². The van der Waals surface area contributed by atoms with Gasteiger partial charge in [0, 0.05) is 19.6 Å². The third-order valence-corrected chi connectivity index (χ3v) is 1.02. The first kappa shape index (κ1) is 17.5. The quantitative estimate of drug-likeness (QED) is 0.619. The zero-order valence-electron chi connectivity index (χ0n) is 7.04. The summed E-state index contributed by atoms with van der Waals surface area (Å²) in [6.45, 7) is 2.91. The van der Waals surface area contributed by atoms with Gasteiger partial charge in [-0.15, -0.1) is 24.8 Å². The van der Waals surface area contributed by atoms with Gasteiger partial charge < -0.3 is 15.3 Å². The number of nitrogens with zero attached hydrogens (tertiary/aromatic N) is 1. The first-order valence-corrected chi connectivity index (χ1v) is 3.23. The Balaban J connectivity index is -0.000000320. The number of nitrogens with one attached hydrogen (secondary N) is 1. The van der Waals surface area contributed by atoms with E-state index in [0.29, 0.717) is 6.54 Å². The summed E-state index contributed by atoms with van der Waals surface area (Å²) in [5, 5.41) is 11.4. The molecule has 2 N–H and O–H groups in total. The van der Waals surface area contributed by atoms with E-state index in [1.165, 1.54) is 0 Å². The SMILES string of the molecule is CN(C)CCNCCO.Cl.Cl. The molecule has 0 fully saturated rings. The van der Waals surface area contributed by atoms with E-state index in [4.69, 9.17) is 5.11 Å². The van der Waals surface area contributed by atoms with Crippen LogP contribution in [0, 0.1) is 0 Å². The molecule has 0 heterocycles. The van der Waals surface area contributed by atoms with Crippen LogP contribution in [0.3, 0.4) is 0 Å². The summed E-state index contributed by atoms with van der Waals surface area (Å²) in [5.74, 6) is 0. The molecule has 3 nitrogen and oxygen atoms in total. The Morgan fingerprint density at radius 1 is 1.18 bits per heavy atom. The zero-order valence-corrected chi connectivity index (χ0v) is 8.67. The van der Waals surface area contributed by atoms with Crippen molar-refractivity contribution in [3.63, 3.8) is 0 Å². The van der Waals surface area contributed by atoms with E-state index in [1.807, 2.05) is 14.1 Å². The molecule has 0 aliphatic carbocycles. The lowest BCUT2D eigenvalue weighted by atomic mass is 10.5. The predicted molar refractivity (Wildman–Crippen MR) is 53.0 cm³/mol. The average Bonchev–Trinajstić information content (AvgIpc) is 1.80. The second-order valence-electron chi connectivity index (χ2n) is 2.28. The van der Waals surface area contributed by atoms with Crippen LogP contribution in [0.15, 0.2) is 0 Å². The van der Waals surface area contributed by atoms with Gasteiger partial charge in [0.05, 0.1) is 6.61 Å². The van der Waals surface area contributed by atoms with Gasteiger partial charge in [-0.2, -0.15) is 0 Å². The second kappa shape index (κ2) is 13.1. The minimum absolute atomic E-state index is 0. The third kappa shape index (κ3) is 17.9. The van der Waals surface area contributed by atoms with Crippen LogP contribution in [-0.2, 0) is 0 Å². The maximum absolute atomic E-state index is 8.36. The molecule has 5 heteroatoms. The molecule has 0 spiro atoms. The van der Waals surface area contributed by atoms with Crippen LogP contribution in [0.2, 0.25) is 0 Å². The molecule has 11 heavy (non-hydrogen) atoms. The van der Waals surface area contributed by atoms with Gasteiger partial charge >= 0.3 is 0 Å². The van der Waals surface area contributed by atoms with Crippen LogP contribution in [-0.4, -0.2) is 50.3 Å². The molecule has 0 atom stereocenters. The fourth-order valence-electron chi connectivity index (χ4n) is 0.507. The highest BCUT2D eigenvalue weighted by Gasteiger charge is 1.86. The van der Waals surface area contributed by atoms with Crippen molar-refractivity contribution in [2.75, 3.05) is 40.3 Å². The number of likely N-dealkylation sites (N-methyl/N-ethyl adjacent to an activating group) is 1. The van der Waals surface area contributed by atoms with Crippen molar-refractivity contribution < 1.29 is 5.11 Å². The molecule has 0 aliphatic rings. The van der Waals surface area contributed by atoms with Crippen LogP contribution in [0.1, 0.15) is 0 Å². The summed E-state index contributed by atoms with van der Waals surface area (Å²) in [7, 11) is 4.06. The van der Waals surface area contributed by atoms with Crippen molar-refractivity contribution in [1.82, 2.24) is 10.2 Å². The Morgan fingerprint density at radius 2 is 1.73 bits per heavy atom. The molecule has 0 aromatic heterocycles. The molecule has 0 aromatic carbocycles. The second-order valence-corrected chi connectivity index (χ2v) is 2.28. The van der Waals surface area contributed by atoms with Gasteiger partial charge in [-0.25, -0.2) is 0 Å². The number of hydrogen-bond donors (Lipinski definition) is 2. The third-order valence-electron chi connectivity index (χ3n) is 1.02. The highest BCUT2D eigenvalue weighted by molar-refractivity contribution is 5.85. The van der Waals surface area contributed by atoms with Crippen molar-refractivity contribution in [3.8, 4) is 0 Å². The lowest BCUT2D eigenvalue weighted by Gasteiger charge is -2.08. The van der Waals surface area contributed by atoms with Gasteiger partial charge in [-0.3, -0.25) is 0 Å². The van der Waals surface area contributed by atoms with E-state index in [-0.39, 0.29) is 31.4 Å². The Hall–Kier alpha value is 0.460. The average molecular weight is 205 g/mol. The van der Waals surface area contributed by atoms with Gasteiger partial charge in [-0.1, -0.05) is 0 Å². The number of hydrogen-bond acceptors (Lipinski definition) is 3. The topological polar surface area (TPSA) is 35.5 Å². The molecule has 0 saturated carbocycles. The molecule has 72 valence electrons. The standard InChI is InChI=1S/C6H16N2O.2ClH/c1-8(2)5-3-7-4-6-9;;/h7,9H,3-6H2,1-2H3;2*1H. The van der Waals surface area contributed by atoms with E-state index in [2.05, 4.69) is 10.2 Å². The van der Waals surface area contributed by atoms with E-state index in [9.17, 15) is 0 Å². The number of aliphatic hydroxyl groups excluding tert-OH is 1. The van der Waals surface area contributed by atoms with E-state index < -0.39 is 0 Å². The van der Waals surface area contributed by atoms with Gasteiger partial charge in [0.15, 0.2) is 0 Å². The summed E-state index contributed by atoms with van der Waals surface area (Å²) in [5.41, 5.74) is 0. The largest absolute Gasteiger partial charge is 0.395 e. The van der Waals surface area contributed by atoms with Crippen LogP contribution >= 0.6 is 24.8 Å². The smallest absolute Gasteiger partial charge is 0.0555 e. The molecule has 0 rings (SSSR count). The molecule has 0 saturated heterocycles. The predicted octanol–water partition coefficient (Wildman–Crippen LogP) is -0.0265. The monoisotopic (exact) mass is 204 g/mol. The fraction of sp³-hybridized carbons (Fsp3) is 1.00. The van der Waals surface area contributed by atoms with Gasteiger partial charge in [0.25, 0.3) is 0 Å². The summed E-state index contributed by atoms with van der Waals surface area (Å²) in [4.78, 5) is 2.10. The Labute approximate surface area is 81.0 Å². The van der Waals surface area contributed by atoms with Gasteiger partial charge in [0.1, 0.15) is 0 Å². The minimum Gasteiger partial charge on any atom is -0.395 e. The Bertz CT molecular complexity index is 64.5. The molecule has 0 amide bonds. The van der Waals surface area contributed by atoms with Crippen molar-refractivity contribution in [3.05, 3.63) is 0 Å². The van der Waals surface area contributed by atoms with Crippen molar-refractivity contribution in [1.29, 1.82) is 0 Å². The first-order valence-electron chi connectivity index (χ1n) is 3.23. The van der Waals surface area contributed by atoms with Crippen LogP contribution in [0.4, 0.5) is 0 Å². The molecule has 0 aromatic rings. The fourth-order valence-corrected chi connectivity index (χ4v) is 0.507. The van der Waals surface area contributed by atoms with E-state index >= 15 is 0 Å². The normalized spacial score (nSPS) is 8.73. The first-order chi connectivity index (χ1) is 4.27. The van der Waals surface area contributed by atoms with Crippen molar-refractivity contribution >= 4 is 24.8 Å². The molecule has 0 unspecified atom stereocenters. The maximum Gasteiger partial charge on any atom is 0.0555 e. The summed E-state index contributed by atoms with van der Waals surface area (Å²) in [6.07, 6.45) is 0. The lowest BCUT2D eigenvalue weighted by Crippen LogP contribution is -2.28. The highest BCUT2D eigenvalue weighted by atomic mass is 35.5. The zero-order chi connectivity index (χ0) is 7.11. The number of halogens is 2.